The number of methoxy groups -OCH3 is 1. The number of carbonyl (C=O) groups is 2. The summed E-state index contributed by atoms with van der Waals surface area (Å²) in [7, 11) is 1.45. The number of carbonyl (C=O) groups excluding carboxylic acids is 2. The predicted octanol–water partition coefficient (Wildman–Crippen LogP) is 4.11. The molecule has 3 aromatic rings. The number of nitrogens with one attached hydrogen (secondary N) is 1. The molecule has 1 aromatic heterocycles. The lowest BCUT2D eigenvalue weighted by Crippen LogP contribution is -2.58. The minimum absolute atomic E-state index is 0.0489. The van der Waals surface area contributed by atoms with Crippen molar-refractivity contribution in [3.63, 3.8) is 0 Å². The highest BCUT2D eigenvalue weighted by molar-refractivity contribution is 6.35. The minimum atomic E-state index is -0.623. The molecule has 2 amide bonds. The summed E-state index contributed by atoms with van der Waals surface area (Å²) in [6.07, 6.45) is 3.26. The molecule has 0 spiro atoms. The number of halogens is 3. The van der Waals surface area contributed by atoms with Gasteiger partial charge in [-0.05, 0) is 50.5 Å². The number of aromatic nitrogens is 1. The first-order valence-corrected chi connectivity index (χ1v) is 14.2. The predicted molar refractivity (Wildman–Crippen MR) is 158 cm³/mol. The first-order chi connectivity index (χ1) is 19.5. The highest BCUT2D eigenvalue weighted by Crippen LogP contribution is 2.44. The van der Waals surface area contributed by atoms with Gasteiger partial charge in [-0.3, -0.25) is 19.3 Å². The molecule has 2 fully saturated rings. The van der Waals surface area contributed by atoms with E-state index in [9.17, 15) is 14.4 Å². The lowest BCUT2D eigenvalue weighted by molar-refractivity contribution is -0.120. The van der Waals surface area contributed by atoms with Crippen LogP contribution < -0.4 is 26.1 Å². The number of nitrogens with two attached hydrogens (primary N) is 1. The van der Waals surface area contributed by atoms with Crippen molar-refractivity contribution >= 4 is 51.6 Å². The summed E-state index contributed by atoms with van der Waals surface area (Å²) in [5.41, 5.74) is 6.10. The summed E-state index contributed by atoms with van der Waals surface area (Å²) in [6.45, 7) is 4.97. The summed E-state index contributed by atoms with van der Waals surface area (Å²) in [6, 6.07) is 6.02. The second kappa shape index (κ2) is 11.5. The normalized spacial score (nSPS) is 19.4. The lowest BCUT2D eigenvalue weighted by Gasteiger charge is -2.45. The van der Waals surface area contributed by atoms with Crippen molar-refractivity contribution in [1.82, 2.24) is 14.8 Å². The molecule has 2 aromatic carbocycles. The van der Waals surface area contributed by atoms with Gasteiger partial charge in [0, 0.05) is 54.0 Å². The van der Waals surface area contributed by atoms with Crippen LogP contribution in [0, 0.1) is 5.82 Å². The molecule has 1 saturated heterocycles. The van der Waals surface area contributed by atoms with Gasteiger partial charge in [-0.25, -0.2) is 4.39 Å². The molecule has 2 aliphatic rings. The van der Waals surface area contributed by atoms with Crippen molar-refractivity contribution < 1.29 is 18.7 Å². The zero-order valence-corrected chi connectivity index (χ0v) is 24.6. The van der Waals surface area contributed by atoms with Gasteiger partial charge in [-0.2, -0.15) is 0 Å². The third-order valence-corrected chi connectivity index (χ3v) is 8.38. The Labute approximate surface area is 246 Å². The lowest BCUT2D eigenvalue weighted by atomic mass is 10.0. The van der Waals surface area contributed by atoms with Gasteiger partial charge < -0.3 is 25.3 Å². The highest BCUT2D eigenvalue weighted by Gasteiger charge is 2.35. The Morgan fingerprint density at radius 1 is 1.15 bits per heavy atom. The Balaban J connectivity index is 1.54. The number of piperazine rings is 1. The molecule has 3 N–H and O–H groups in total. The number of primary amides is 1. The Morgan fingerprint density at radius 2 is 1.83 bits per heavy atom. The van der Waals surface area contributed by atoms with E-state index in [2.05, 4.69) is 5.32 Å². The standard InChI is InChI=1S/C29H32Cl2FN5O4/c1-15-11-35(12-16(2)36(15)14-24(33)38)26-23(32)9-20-25(28(26)41-3)37(19-6-7-19)13-21(27(20)39)29(40)34-10-17-4-5-18(30)8-22(17)31/h4-5,8-9,13,15-16,19H,6-7,10-12,14H2,1-3H3,(H2,33,38)(H,34,40)/t15-,16+. The maximum absolute atomic E-state index is 15.9. The molecule has 2 heterocycles. The van der Waals surface area contributed by atoms with E-state index in [1.54, 1.807) is 24.4 Å². The third-order valence-electron chi connectivity index (χ3n) is 7.80. The van der Waals surface area contributed by atoms with Gasteiger partial charge in [0.25, 0.3) is 5.91 Å². The van der Waals surface area contributed by atoms with Gasteiger partial charge in [0.2, 0.25) is 11.3 Å². The molecule has 1 saturated carbocycles. The zero-order valence-electron chi connectivity index (χ0n) is 23.0. The second-order valence-electron chi connectivity index (χ2n) is 10.8. The number of rotatable bonds is 8. The zero-order chi connectivity index (χ0) is 29.6. The molecule has 0 bridgehead atoms. The SMILES string of the molecule is COc1c(N2C[C@@H](C)N(CC(N)=O)[C@@H](C)C2)c(F)cc2c(=O)c(C(=O)NCc3ccc(Cl)cc3Cl)cn(C3CC3)c12. The average Bonchev–Trinajstić information content (AvgIpc) is 3.75. The molecule has 41 heavy (non-hydrogen) atoms. The maximum atomic E-state index is 15.9. The Kier molecular flexibility index (Phi) is 8.18. The average molecular weight is 605 g/mol. The molecule has 2 atom stereocenters. The van der Waals surface area contributed by atoms with Crippen LogP contribution in [0.1, 0.15) is 48.7 Å². The maximum Gasteiger partial charge on any atom is 0.257 e. The van der Waals surface area contributed by atoms with Crippen LogP contribution in [-0.4, -0.2) is 60.1 Å². The van der Waals surface area contributed by atoms with E-state index in [0.717, 1.165) is 12.8 Å². The van der Waals surface area contributed by atoms with Crippen molar-refractivity contribution in [3.8, 4) is 5.75 Å². The molecular formula is C29H32Cl2FN5O4. The fourth-order valence-electron chi connectivity index (χ4n) is 5.70. The minimum Gasteiger partial charge on any atom is -0.492 e. The summed E-state index contributed by atoms with van der Waals surface area (Å²) < 4.78 is 23.6. The number of hydrogen-bond acceptors (Lipinski definition) is 6. The van der Waals surface area contributed by atoms with Gasteiger partial charge in [-0.15, -0.1) is 0 Å². The third kappa shape index (κ3) is 5.73. The van der Waals surface area contributed by atoms with Crippen molar-refractivity contribution in [3.05, 3.63) is 67.7 Å². The number of anilines is 1. The topological polar surface area (TPSA) is 110 Å². The van der Waals surface area contributed by atoms with Crippen LogP contribution in [0.4, 0.5) is 10.1 Å². The number of hydrogen-bond donors (Lipinski definition) is 2. The van der Waals surface area contributed by atoms with Crippen LogP contribution in [0.3, 0.4) is 0 Å². The molecule has 1 aliphatic carbocycles. The molecule has 0 radical (unpaired) electrons. The van der Waals surface area contributed by atoms with Gasteiger partial charge in [0.15, 0.2) is 11.6 Å². The summed E-state index contributed by atoms with van der Waals surface area (Å²) in [5, 5.41) is 3.69. The summed E-state index contributed by atoms with van der Waals surface area (Å²) in [5.74, 6) is -1.39. The molecule has 5 rings (SSSR count). The van der Waals surface area contributed by atoms with E-state index >= 15 is 4.39 Å². The largest absolute Gasteiger partial charge is 0.492 e. The van der Waals surface area contributed by atoms with Gasteiger partial charge in [-0.1, -0.05) is 29.3 Å². The fraction of sp³-hybridized carbons (Fsp3) is 0.414. The fourth-order valence-corrected chi connectivity index (χ4v) is 6.18. The van der Waals surface area contributed by atoms with Crippen LogP contribution in [0.25, 0.3) is 10.9 Å². The van der Waals surface area contributed by atoms with Crippen LogP contribution in [0.15, 0.2) is 35.3 Å². The monoisotopic (exact) mass is 603 g/mol. The smallest absolute Gasteiger partial charge is 0.257 e. The van der Waals surface area contributed by atoms with E-state index in [0.29, 0.717) is 34.2 Å². The molecule has 12 heteroatoms. The van der Waals surface area contributed by atoms with E-state index < -0.39 is 23.1 Å². The van der Waals surface area contributed by atoms with E-state index in [1.807, 2.05) is 28.2 Å². The van der Waals surface area contributed by atoms with E-state index in [4.69, 9.17) is 33.7 Å². The molecule has 0 unspecified atom stereocenters. The van der Waals surface area contributed by atoms with Crippen molar-refractivity contribution in [2.45, 2.75) is 51.4 Å². The van der Waals surface area contributed by atoms with Crippen LogP contribution in [0.5, 0.6) is 5.75 Å². The van der Waals surface area contributed by atoms with Crippen LogP contribution >= 0.6 is 23.2 Å². The molecular weight excluding hydrogens is 572 g/mol. The first-order valence-electron chi connectivity index (χ1n) is 13.5. The Bertz CT molecular complexity index is 1580. The van der Waals surface area contributed by atoms with Gasteiger partial charge in [0.1, 0.15) is 11.3 Å². The summed E-state index contributed by atoms with van der Waals surface area (Å²) >= 11 is 12.2. The van der Waals surface area contributed by atoms with E-state index in [-0.39, 0.29) is 53.6 Å². The van der Waals surface area contributed by atoms with E-state index in [1.165, 1.54) is 13.2 Å². The Morgan fingerprint density at radius 3 is 2.41 bits per heavy atom. The number of amides is 2. The van der Waals surface area contributed by atoms with Gasteiger partial charge in [0.05, 0.1) is 24.6 Å². The number of nitrogens with zero attached hydrogens (tertiary/aromatic N) is 3. The number of ether oxygens (including phenoxy) is 1. The number of fused-ring (bicyclic) bond motifs is 1. The highest BCUT2D eigenvalue weighted by atomic mass is 35.5. The van der Waals surface area contributed by atoms with Crippen LogP contribution in [0.2, 0.25) is 10.0 Å². The second-order valence-corrected chi connectivity index (χ2v) is 11.7. The molecule has 1 aliphatic heterocycles. The van der Waals surface area contributed by atoms with Crippen molar-refractivity contribution in [2.24, 2.45) is 5.73 Å². The molecule has 9 nitrogen and oxygen atoms in total. The first kappa shape index (κ1) is 29.2. The van der Waals surface area contributed by atoms with Gasteiger partial charge >= 0.3 is 0 Å². The Hall–Kier alpha value is -3.34. The number of pyridine rings is 1. The van der Waals surface area contributed by atoms with Crippen molar-refractivity contribution in [2.75, 3.05) is 31.6 Å². The van der Waals surface area contributed by atoms with Crippen molar-refractivity contribution in [1.29, 1.82) is 0 Å². The summed E-state index contributed by atoms with van der Waals surface area (Å²) in [4.78, 5) is 42.3. The molecule has 218 valence electrons. The quantitative estimate of drug-likeness (QED) is 0.401. The van der Waals surface area contributed by atoms with Crippen LogP contribution in [-0.2, 0) is 11.3 Å². The number of benzene rings is 2.